The number of carbonyl (C=O) groups is 2. The lowest BCUT2D eigenvalue weighted by atomic mass is 10.2. The maximum atomic E-state index is 12.9. The van der Waals surface area contributed by atoms with Crippen LogP contribution in [-0.2, 0) is 26.6 Å². The van der Waals surface area contributed by atoms with Gasteiger partial charge < -0.3 is 19.3 Å². The number of carboxylic acid groups (broad SMARTS) is 1. The number of carbonyl (C=O) groups excluding carboxylic acids is 1. The number of hydrogen-bond acceptors (Lipinski definition) is 5. The summed E-state index contributed by atoms with van der Waals surface area (Å²) in [6.45, 7) is 2.86. The average molecular weight is 399 g/mol. The highest BCUT2D eigenvalue weighted by Gasteiger charge is 2.35. The third kappa shape index (κ3) is 4.02. The first kappa shape index (κ1) is 19.8. The number of aryl methyl sites for hydroxylation is 1. The van der Waals surface area contributed by atoms with E-state index in [1.807, 2.05) is 0 Å². The van der Waals surface area contributed by atoms with Crippen molar-refractivity contribution in [3.63, 3.8) is 0 Å². The van der Waals surface area contributed by atoms with Gasteiger partial charge in [-0.05, 0) is 25.8 Å². The minimum absolute atomic E-state index is 0.0715. The van der Waals surface area contributed by atoms with Gasteiger partial charge >= 0.3 is 5.97 Å². The van der Waals surface area contributed by atoms with Gasteiger partial charge in [-0.2, -0.15) is 4.31 Å². The number of morpholine rings is 1. The monoisotopic (exact) mass is 399 g/mol. The number of rotatable bonds is 4. The summed E-state index contributed by atoms with van der Waals surface area (Å²) < 4.78 is 33.9. The highest BCUT2D eigenvalue weighted by Crippen LogP contribution is 2.23. The molecular weight excluding hydrogens is 374 g/mol. The van der Waals surface area contributed by atoms with E-state index in [0.717, 1.165) is 19.3 Å². The molecule has 1 N–H and O–H groups in total. The van der Waals surface area contributed by atoms with Crippen molar-refractivity contribution < 1.29 is 27.9 Å². The number of hydrogen-bond donors (Lipinski definition) is 1. The summed E-state index contributed by atoms with van der Waals surface area (Å²) in [7, 11) is -2.03. The third-order valence-corrected chi connectivity index (χ3v) is 6.84. The van der Waals surface area contributed by atoms with E-state index in [1.165, 1.54) is 26.0 Å². The standard InChI is InChI=1S/C17H25N3O6S/c1-12-9-19(11-15(26-12)17(22)23)16(21)14-8-13(10-18(14)2)27(24,25)20-6-4-3-5-7-20/h8,10,12,15H,3-7,9,11H2,1-2H3,(H,22,23)/t12-,15?/m1/s1. The molecule has 2 aliphatic rings. The Balaban J connectivity index is 1.83. The Labute approximate surface area is 158 Å². The topological polar surface area (TPSA) is 109 Å². The van der Waals surface area contributed by atoms with Crippen molar-refractivity contribution in [2.75, 3.05) is 26.2 Å². The summed E-state index contributed by atoms with van der Waals surface area (Å²) in [6.07, 6.45) is 2.62. The molecule has 9 nitrogen and oxygen atoms in total. The first-order valence-corrected chi connectivity index (χ1v) is 10.5. The van der Waals surface area contributed by atoms with Gasteiger partial charge in [-0.3, -0.25) is 4.79 Å². The van der Waals surface area contributed by atoms with Gasteiger partial charge in [0, 0.05) is 32.9 Å². The van der Waals surface area contributed by atoms with E-state index >= 15 is 0 Å². The zero-order valence-electron chi connectivity index (χ0n) is 15.5. The number of ether oxygens (including phenoxy) is 1. The van der Waals surface area contributed by atoms with Crippen LogP contribution in [0, 0.1) is 0 Å². The zero-order chi connectivity index (χ0) is 19.8. The molecular formula is C17H25N3O6S. The lowest BCUT2D eigenvalue weighted by molar-refractivity contribution is -0.160. The van der Waals surface area contributed by atoms with Crippen molar-refractivity contribution in [2.24, 2.45) is 7.05 Å². The Morgan fingerprint density at radius 3 is 2.48 bits per heavy atom. The molecule has 2 aliphatic heterocycles. The summed E-state index contributed by atoms with van der Waals surface area (Å²) in [5.74, 6) is -1.53. The van der Waals surface area contributed by atoms with Crippen molar-refractivity contribution in [1.82, 2.24) is 13.8 Å². The molecule has 2 fully saturated rings. The molecule has 2 saturated heterocycles. The van der Waals surface area contributed by atoms with Gasteiger partial charge in [-0.15, -0.1) is 0 Å². The second-order valence-electron chi connectivity index (χ2n) is 7.12. The largest absolute Gasteiger partial charge is 0.479 e. The summed E-state index contributed by atoms with van der Waals surface area (Å²) >= 11 is 0. The van der Waals surface area contributed by atoms with Gasteiger partial charge in [0.05, 0.1) is 12.6 Å². The fourth-order valence-corrected chi connectivity index (χ4v) is 5.15. The number of aliphatic carboxylic acids is 1. The molecule has 0 aliphatic carbocycles. The lowest BCUT2D eigenvalue weighted by Gasteiger charge is -2.34. The van der Waals surface area contributed by atoms with E-state index in [2.05, 4.69) is 0 Å². The van der Waals surface area contributed by atoms with Crippen molar-refractivity contribution >= 4 is 21.9 Å². The fraction of sp³-hybridized carbons (Fsp3) is 0.647. The number of nitrogens with zero attached hydrogens (tertiary/aromatic N) is 3. The summed E-state index contributed by atoms with van der Waals surface area (Å²) in [6, 6.07) is 1.38. The molecule has 0 aromatic carbocycles. The maximum absolute atomic E-state index is 12.9. The molecule has 1 aromatic rings. The first-order chi connectivity index (χ1) is 12.7. The average Bonchev–Trinajstić information content (AvgIpc) is 3.03. The first-order valence-electron chi connectivity index (χ1n) is 9.04. The van der Waals surface area contributed by atoms with Gasteiger partial charge in [0.2, 0.25) is 10.0 Å². The quantitative estimate of drug-likeness (QED) is 0.790. The number of aromatic nitrogens is 1. The van der Waals surface area contributed by atoms with Crippen LogP contribution in [0.3, 0.4) is 0 Å². The van der Waals surface area contributed by atoms with Crippen LogP contribution in [0.15, 0.2) is 17.2 Å². The number of sulfonamides is 1. The summed E-state index contributed by atoms with van der Waals surface area (Å²) in [5.41, 5.74) is 0.212. The maximum Gasteiger partial charge on any atom is 0.334 e. The van der Waals surface area contributed by atoms with Crippen molar-refractivity contribution in [3.8, 4) is 0 Å². The number of carboxylic acids is 1. The molecule has 2 atom stereocenters. The second-order valence-corrected chi connectivity index (χ2v) is 9.06. The second kappa shape index (κ2) is 7.61. The van der Waals surface area contributed by atoms with Crippen LogP contribution in [0.2, 0.25) is 0 Å². The minimum atomic E-state index is -3.64. The highest BCUT2D eigenvalue weighted by molar-refractivity contribution is 7.89. The van der Waals surface area contributed by atoms with Crippen molar-refractivity contribution in [3.05, 3.63) is 18.0 Å². The van der Waals surface area contributed by atoms with Crippen LogP contribution in [0.1, 0.15) is 36.7 Å². The van der Waals surface area contributed by atoms with Crippen LogP contribution < -0.4 is 0 Å². The molecule has 0 spiro atoms. The van der Waals surface area contributed by atoms with Crippen LogP contribution in [0.5, 0.6) is 0 Å². The molecule has 3 heterocycles. The zero-order valence-corrected chi connectivity index (χ0v) is 16.3. The normalized spacial score (nSPS) is 24.7. The van der Waals surface area contributed by atoms with E-state index < -0.39 is 34.1 Å². The van der Waals surface area contributed by atoms with Crippen LogP contribution in [-0.4, -0.2) is 77.6 Å². The van der Waals surface area contributed by atoms with Gasteiger partial charge in [0.15, 0.2) is 6.10 Å². The van der Waals surface area contributed by atoms with Gasteiger partial charge in [-0.1, -0.05) is 6.42 Å². The van der Waals surface area contributed by atoms with Gasteiger partial charge in [0.1, 0.15) is 10.6 Å². The predicted octanol–water partition coefficient (Wildman–Crippen LogP) is 0.514. The van der Waals surface area contributed by atoms with Crippen molar-refractivity contribution in [1.29, 1.82) is 0 Å². The lowest BCUT2D eigenvalue weighted by Crippen LogP contribution is -2.52. The predicted molar refractivity (Wildman–Crippen MR) is 95.9 cm³/mol. The molecule has 1 unspecified atom stereocenters. The van der Waals surface area contributed by atoms with Gasteiger partial charge in [-0.25, -0.2) is 13.2 Å². The van der Waals surface area contributed by atoms with E-state index in [0.29, 0.717) is 13.1 Å². The van der Waals surface area contributed by atoms with Crippen LogP contribution in [0.25, 0.3) is 0 Å². The van der Waals surface area contributed by atoms with Crippen molar-refractivity contribution in [2.45, 2.75) is 43.3 Å². The molecule has 1 aromatic heterocycles. The molecule has 1 amide bonds. The fourth-order valence-electron chi connectivity index (χ4n) is 3.56. The molecule has 0 radical (unpaired) electrons. The Bertz CT molecular complexity index is 828. The number of piperidine rings is 1. The Hall–Kier alpha value is -1.91. The third-order valence-electron chi connectivity index (χ3n) is 4.97. The molecule has 0 saturated carbocycles. The Kier molecular flexibility index (Phi) is 5.59. The van der Waals surface area contributed by atoms with E-state index in [9.17, 15) is 23.1 Å². The van der Waals surface area contributed by atoms with Gasteiger partial charge in [0.25, 0.3) is 5.91 Å². The van der Waals surface area contributed by atoms with Crippen LogP contribution >= 0.6 is 0 Å². The molecule has 150 valence electrons. The van der Waals surface area contributed by atoms with Crippen LogP contribution in [0.4, 0.5) is 0 Å². The molecule has 0 bridgehead atoms. The van der Waals surface area contributed by atoms with E-state index in [4.69, 9.17) is 4.74 Å². The van der Waals surface area contributed by atoms with E-state index in [-0.39, 0.29) is 23.7 Å². The minimum Gasteiger partial charge on any atom is -0.479 e. The molecule has 10 heteroatoms. The number of amides is 1. The highest BCUT2D eigenvalue weighted by atomic mass is 32.2. The smallest absolute Gasteiger partial charge is 0.334 e. The Morgan fingerprint density at radius 2 is 1.85 bits per heavy atom. The van der Waals surface area contributed by atoms with E-state index in [1.54, 1.807) is 14.0 Å². The summed E-state index contributed by atoms with van der Waals surface area (Å²) in [5, 5.41) is 9.18. The summed E-state index contributed by atoms with van der Waals surface area (Å²) in [4.78, 5) is 25.6. The molecule has 27 heavy (non-hydrogen) atoms. The Morgan fingerprint density at radius 1 is 1.19 bits per heavy atom. The SMILES string of the molecule is C[C@@H]1CN(C(=O)c2cc(S(=O)(=O)N3CCCCC3)cn2C)CC(C(=O)O)O1. The molecule has 3 rings (SSSR count).